The van der Waals surface area contributed by atoms with E-state index in [2.05, 4.69) is 32.8 Å². The van der Waals surface area contributed by atoms with Crippen LogP contribution >= 0.6 is 0 Å². The zero-order valence-corrected chi connectivity index (χ0v) is 10.4. The molecule has 17 heavy (non-hydrogen) atoms. The van der Waals surface area contributed by atoms with Gasteiger partial charge in [-0.2, -0.15) is 0 Å². The molecule has 1 unspecified atom stereocenters. The van der Waals surface area contributed by atoms with Gasteiger partial charge < -0.3 is 16.0 Å². The number of hydrogen-bond donors (Lipinski definition) is 3. The van der Waals surface area contributed by atoms with Crippen molar-refractivity contribution in [1.82, 2.24) is 15.3 Å². The summed E-state index contributed by atoms with van der Waals surface area (Å²) in [6.07, 6.45) is 2.50. The molecule has 1 rings (SSSR count). The molecule has 0 spiro atoms. The highest BCUT2D eigenvalue weighted by molar-refractivity contribution is 5.83. The zero-order chi connectivity index (χ0) is 12.7. The van der Waals surface area contributed by atoms with Gasteiger partial charge in [0.1, 0.15) is 24.0 Å². The molecule has 3 N–H and O–H groups in total. The first kappa shape index (κ1) is 13.2. The Kier molecular flexibility index (Phi) is 5.19. The van der Waals surface area contributed by atoms with Crippen LogP contribution in [0.4, 0.5) is 11.6 Å². The monoisotopic (exact) mass is 237 g/mol. The molecular weight excluding hydrogens is 218 g/mol. The fourth-order valence-electron chi connectivity index (χ4n) is 1.29. The molecule has 1 aromatic heterocycles. The van der Waals surface area contributed by atoms with Crippen molar-refractivity contribution in [2.45, 2.75) is 26.3 Å². The van der Waals surface area contributed by atoms with Crippen molar-refractivity contribution in [2.75, 3.05) is 24.2 Å². The van der Waals surface area contributed by atoms with Crippen LogP contribution in [0.25, 0.3) is 0 Å². The fourth-order valence-corrected chi connectivity index (χ4v) is 1.29. The minimum Gasteiger partial charge on any atom is -0.370 e. The van der Waals surface area contributed by atoms with Gasteiger partial charge >= 0.3 is 0 Å². The van der Waals surface area contributed by atoms with Gasteiger partial charge in [0.05, 0.1) is 0 Å². The van der Waals surface area contributed by atoms with E-state index in [0.717, 1.165) is 18.8 Å². The van der Waals surface area contributed by atoms with Crippen LogP contribution in [0, 0.1) is 0 Å². The second kappa shape index (κ2) is 6.67. The lowest BCUT2D eigenvalue weighted by Crippen LogP contribution is -2.35. The van der Waals surface area contributed by atoms with Gasteiger partial charge in [-0.3, -0.25) is 4.79 Å². The lowest BCUT2D eigenvalue weighted by atomic mass is 10.3. The Labute approximate surface area is 101 Å². The molecule has 0 saturated heterocycles. The minimum absolute atomic E-state index is 0.0771. The topological polar surface area (TPSA) is 78.9 Å². The standard InChI is InChI=1S/C11H19N5O/c1-4-5-13-9-6-10(15-7-14-9)16-8(2)11(17)12-3/h6-8H,4-5H2,1-3H3,(H,12,17)(H2,13,14,15,16). The summed E-state index contributed by atoms with van der Waals surface area (Å²) in [5, 5.41) is 8.74. The molecule has 0 radical (unpaired) electrons. The molecule has 0 aliphatic carbocycles. The first-order chi connectivity index (χ1) is 8.17. The molecule has 1 atom stereocenters. The average Bonchev–Trinajstić information content (AvgIpc) is 2.35. The lowest BCUT2D eigenvalue weighted by Gasteiger charge is -2.13. The summed E-state index contributed by atoms with van der Waals surface area (Å²) in [5.41, 5.74) is 0. The minimum atomic E-state index is -0.325. The summed E-state index contributed by atoms with van der Waals surface area (Å²) in [5.74, 6) is 1.31. The number of amides is 1. The molecule has 0 fully saturated rings. The Morgan fingerprint density at radius 2 is 2.12 bits per heavy atom. The molecule has 1 heterocycles. The van der Waals surface area contributed by atoms with E-state index >= 15 is 0 Å². The number of aromatic nitrogens is 2. The van der Waals surface area contributed by atoms with Gasteiger partial charge in [0.15, 0.2) is 0 Å². The molecule has 0 aliphatic heterocycles. The van der Waals surface area contributed by atoms with Crippen molar-refractivity contribution >= 4 is 17.5 Å². The maximum absolute atomic E-state index is 11.3. The van der Waals surface area contributed by atoms with Crippen LogP contribution in [0.15, 0.2) is 12.4 Å². The SMILES string of the molecule is CCCNc1cc(NC(C)C(=O)NC)ncn1. The summed E-state index contributed by atoms with van der Waals surface area (Å²) in [7, 11) is 1.61. The van der Waals surface area contributed by atoms with Crippen LogP contribution < -0.4 is 16.0 Å². The quantitative estimate of drug-likeness (QED) is 0.683. The van der Waals surface area contributed by atoms with Crippen molar-refractivity contribution in [3.05, 3.63) is 12.4 Å². The molecule has 94 valence electrons. The van der Waals surface area contributed by atoms with Crippen molar-refractivity contribution < 1.29 is 4.79 Å². The summed E-state index contributed by atoms with van der Waals surface area (Å²) in [6.45, 7) is 4.72. The molecule has 1 aromatic rings. The number of likely N-dealkylation sites (N-methyl/N-ethyl adjacent to an activating group) is 1. The smallest absolute Gasteiger partial charge is 0.241 e. The summed E-state index contributed by atoms with van der Waals surface area (Å²) in [4.78, 5) is 19.5. The number of carbonyl (C=O) groups is 1. The first-order valence-electron chi connectivity index (χ1n) is 5.71. The van der Waals surface area contributed by atoms with Gasteiger partial charge in [-0.25, -0.2) is 9.97 Å². The van der Waals surface area contributed by atoms with Crippen LogP contribution in [0.5, 0.6) is 0 Å². The molecule has 0 bridgehead atoms. The molecule has 0 saturated carbocycles. The van der Waals surface area contributed by atoms with Crippen LogP contribution in [0.2, 0.25) is 0 Å². The second-order valence-corrected chi connectivity index (χ2v) is 3.70. The lowest BCUT2D eigenvalue weighted by molar-refractivity contribution is -0.121. The van der Waals surface area contributed by atoms with Gasteiger partial charge in [0, 0.05) is 19.7 Å². The van der Waals surface area contributed by atoms with Crippen molar-refractivity contribution in [3.63, 3.8) is 0 Å². The summed E-state index contributed by atoms with van der Waals surface area (Å²) in [6, 6.07) is 1.46. The third-order valence-electron chi connectivity index (χ3n) is 2.23. The van der Waals surface area contributed by atoms with Crippen molar-refractivity contribution in [1.29, 1.82) is 0 Å². The Bertz CT molecular complexity index is 369. The Hall–Kier alpha value is -1.85. The molecule has 6 nitrogen and oxygen atoms in total. The van der Waals surface area contributed by atoms with Gasteiger partial charge in [-0.1, -0.05) is 6.92 Å². The van der Waals surface area contributed by atoms with E-state index in [0.29, 0.717) is 5.82 Å². The van der Waals surface area contributed by atoms with E-state index in [1.807, 2.05) is 0 Å². The van der Waals surface area contributed by atoms with Crippen LogP contribution in [0.3, 0.4) is 0 Å². The van der Waals surface area contributed by atoms with Gasteiger partial charge in [0.2, 0.25) is 5.91 Å². The van der Waals surface area contributed by atoms with Crippen molar-refractivity contribution in [2.24, 2.45) is 0 Å². The van der Waals surface area contributed by atoms with Crippen LogP contribution in [-0.2, 0) is 4.79 Å². The second-order valence-electron chi connectivity index (χ2n) is 3.70. The Morgan fingerprint density at radius 1 is 1.41 bits per heavy atom. The number of carbonyl (C=O) groups excluding carboxylic acids is 1. The van der Waals surface area contributed by atoms with E-state index in [4.69, 9.17) is 0 Å². The fraction of sp³-hybridized carbons (Fsp3) is 0.545. The van der Waals surface area contributed by atoms with E-state index in [1.54, 1.807) is 20.0 Å². The maximum Gasteiger partial charge on any atom is 0.241 e. The van der Waals surface area contributed by atoms with Crippen molar-refractivity contribution in [3.8, 4) is 0 Å². The molecule has 0 aromatic carbocycles. The third kappa shape index (κ3) is 4.26. The summed E-state index contributed by atoms with van der Waals surface area (Å²) >= 11 is 0. The molecule has 6 heteroatoms. The van der Waals surface area contributed by atoms with Crippen LogP contribution in [0.1, 0.15) is 20.3 Å². The highest BCUT2D eigenvalue weighted by atomic mass is 16.2. The van der Waals surface area contributed by atoms with Gasteiger partial charge in [0.25, 0.3) is 0 Å². The first-order valence-corrected chi connectivity index (χ1v) is 5.71. The summed E-state index contributed by atoms with van der Waals surface area (Å²) < 4.78 is 0. The highest BCUT2D eigenvalue weighted by Crippen LogP contribution is 2.09. The predicted octanol–water partition coefficient (Wildman–Crippen LogP) is 0.845. The maximum atomic E-state index is 11.3. The van der Waals surface area contributed by atoms with E-state index in [1.165, 1.54) is 6.33 Å². The normalized spacial score (nSPS) is 11.7. The Balaban J connectivity index is 2.62. The average molecular weight is 237 g/mol. The largest absolute Gasteiger partial charge is 0.370 e. The molecule has 1 amide bonds. The van der Waals surface area contributed by atoms with E-state index < -0.39 is 0 Å². The van der Waals surface area contributed by atoms with Crippen LogP contribution in [-0.4, -0.2) is 35.5 Å². The van der Waals surface area contributed by atoms with E-state index in [-0.39, 0.29) is 11.9 Å². The highest BCUT2D eigenvalue weighted by Gasteiger charge is 2.10. The number of anilines is 2. The number of nitrogens with one attached hydrogen (secondary N) is 3. The predicted molar refractivity (Wildman–Crippen MR) is 68.0 cm³/mol. The Morgan fingerprint density at radius 3 is 2.76 bits per heavy atom. The number of rotatable bonds is 6. The van der Waals surface area contributed by atoms with E-state index in [9.17, 15) is 4.79 Å². The van der Waals surface area contributed by atoms with Gasteiger partial charge in [-0.05, 0) is 13.3 Å². The zero-order valence-electron chi connectivity index (χ0n) is 10.4. The molecular formula is C11H19N5O. The third-order valence-corrected chi connectivity index (χ3v) is 2.23. The van der Waals surface area contributed by atoms with Gasteiger partial charge in [-0.15, -0.1) is 0 Å². The number of nitrogens with zero attached hydrogens (tertiary/aromatic N) is 2. The number of hydrogen-bond acceptors (Lipinski definition) is 5. The molecule has 0 aliphatic rings.